The summed E-state index contributed by atoms with van der Waals surface area (Å²) in [7, 11) is -3.68. The van der Waals surface area contributed by atoms with E-state index in [0.717, 1.165) is 4.90 Å². The average Bonchev–Trinajstić information content (AvgIpc) is 2.87. The van der Waals surface area contributed by atoms with Crippen LogP contribution in [0.4, 0.5) is 13.2 Å². The first-order chi connectivity index (χ1) is 17.9. The molecule has 38 heavy (non-hydrogen) atoms. The number of morpholine rings is 1. The Morgan fingerprint density at radius 2 is 1.61 bits per heavy atom. The normalized spacial score (nSPS) is 16.8. The highest BCUT2D eigenvalue weighted by Crippen LogP contribution is 2.40. The average molecular weight is 553 g/mol. The van der Waals surface area contributed by atoms with Gasteiger partial charge < -0.3 is 10.5 Å². The Morgan fingerprint density at radius 1 is 1.08 bits per heavy atom. The fourth-order valence-electron chi connectivity index (χ4n) is 4.51. The van der Waals surface area contributed by atoms with Crippen LogP contribution in [0.1, 0.15) is 31.9 Å². The number of amides is 1. The standard InChI is InChI=1S/C26H31F3N4O4S/c1-18(2)17-23(25(31)34)33(12-11-30)24(26(27,28)29)21-5-3-19(4-6-21)20-7-9-22(10-8-20)38(35,36)32-13-15-37-16-14-32/h3-10,18,23-24H,12-17H2,1-2H3,(H2,31,34)/t23-,24?/m1/s1. The van der Waals surface area contributed by atoms with Crippen molar-refractivity contribution in [3.05, 3.63) is 54.1 Å². The van der Waals surface area contributed by atoms with Crippen LogP contribution in [0.3, 0.4) is 0 Å². The molecule has 1 heterocycles. The van der Waals surface area contributed by atoms with Gasteiger partial charge in [0.25, 0.3) is 0 Å². The molecular formula is C26H31F3N4O4S. The highest BCUT2D eigenvalue weighted by molar-refractivity contribution is 7.89. The second-order valence-electron chi connectivity index (χ2n) is 9.49. The molecule has 1 fully saturated rings. The fraction of sp³-hybridized carbons (Fsp3) is 0.462. The zero-order valence-electron chi connectivity index (χ0n) is 21.2. The lowest BCUT2D eigenvalue weighted by Crippen LogP contribution is -2.51. The van der Waals surface area contributed by atoms with Crippen molar-refractivity contribution in [2.24, 2.45) is 11.7 Å². The maximum absolute atomic E-state index is 14.3. The summed E-state index contributed by atoms with van der Waals surface area (Å²) >= 11 is 0. The molecule has 0 spiro atoms. The van der Waals surface area contributed by atoms with Gasteiger partial charge in [-0.05, 0) is 41.2 Å². The molecule has 8 nitrogen and oxygen atoms in total. The molecule has 3 rings (SSSR count). The number of alkyl halides is 3. The van der Waals surface area contributed by atoms with Gasteiger partial charge in [-0.1, -0.05) is 50.2 Å². The SMILES string of the molecule is CC(C)C[C@H](C(N)=O)N(CC#N)C(c1ccc(-c2ccc(S(=O)(=O)N3CCOCC3)cc2)cc1)C(F)(F)F. The Hall–Kier alpha value is -2.98. The molecule has 0 aromatic heterocycles. The van der Waals surface area contributed by atoms with Gasteiger partial charge in [-0.15, -0.1) is 0 Å². The van der Waals surface area contributed by atoms with Crippen LogP contribution in [0.2, 0.25) is 0 Å². The number of carbonyl (C=O) groups is 1. The van der Waals surface area contributed by atoms with Crippen molar-refractivity contribution in [3.8, 4) is 17.2 Å². The molecule has 1 amide bonds. The van der Waals surface area contributed by atoms with E-state index in [1.165, 1.54) is 40.7 Å². The zero-order chi connectivity index (χ0) is 28.1. The van der Waals surface area contributed by atoms with Crippen molar-refractivity contribution in [2.75, 3.05) is 32.8 Å². The highest BCUT2D eigenvalue weighted by atomic mass is 32.2. The molecule has 1 saturated heterocycles. The lowest BCUT2D eigenvalue weighted by molar-refractivity contribution is -0.192. The van der Waals surface area contributed by atoms with Gasteiger partial charge in [0.1, 0.15) is 6.04 Å². The van der Waals surface area contributed by atoms with Crippen molar-refractivity contribution < 1.29 is 31.1 Å². The number of ether oxygens (including phenoxy) is 1. The van der Waals surface area contributed by atoms with Crippen molar-refractivity contribution in [1.29, 1.82) is 5.26 Å². The number of carbonyl (C=O) groups excluding carboxylic acids is 1. The van der Waals surface area contributed by atoms with Gasteiger partial charge in [-0.2, -0.15) is 22.7 Å². The molecule has 2 atom stereocenters. The number of nitriles is 1. The van der Waals surface area contributed by atoms with Crippen LogP contribution < -0.4 is 5.73 Å². The second-order valence-corrected chi connectivity index (χ2v) is 11.4. The summed E-state index contributed by atoms with van der Waals surface area (Å²) in [6.07, 6.45) is -4.71. The largest absolute Gasteiger partial charge is 0.408 e. The molecule has 12 heteroatoms. The molecule has 2 aromatic carbocycles. The summed E-state index contributed by atoms with van der Waals surface area (Å²) in [6.45, 7) is 4.07. The molecular weight excluding hydrogens is 521 g/mol. The Bertz CT molecular complexity index is 1240. The minimum Gasteiger partial charge on any atom is -0.379 e. The first-order valence-corrected chi connectivity index (χ1v) is 13.6. The van der Waals surface area contributed by atoms with Gasteiger partial charge in [0.05, 0.1) is 36.8 Å². The Kier molecular flexibility index (Phi) is 9.54. The maximum Gasteiger partial charge on any atom is 0.408 e. The van der Waals surface area contributed by atoms with E-state index in [-0.39, 0.29) is 35.9 Å². The molecule has 1 unspecified atom stereocenters. The Labute approximate surface area is 220 Å². The first-order valence-electron chi connectivity index (χ1n) is 12.1. The quantitative estimate of drug-likeness (QED) is 0.450. The van der Waals surface area contributed by atoms with E-state index in [9.17, 15) is 31.6 Å². The summed E-state index contributed by atoms with van der Waals surface area (Å²) in [5.74, 6) is -1.05. The summed E-state index contributed by atoms with van der Waals surface area (Å²) < 4.78 is 75.1. The number of hydrogen-bond acceptors (Lipinski definition) is 6. The summed E-state index contributed by atoms with van der Waals surface area (Å²) in [5.41, 5.74) is 6.51. The number of nitrogens with two attached hydrogens (primary N) is 1. The van der Waals surface area contributed by atoms with E-state index >= 15 is 0 Å². The van der Waals surface area contributed by atoms with E-state index in [2.05, 4.69) is 0 Å². The third-order valence-electron chi connectivity index (χ3n) is 6.34. The predicted molar refractivity (Wildman–Crippen MR) is 135 cm³/mol. The van der Waals surface area contributed by atoms with Crippen molar-refractivity contribution in [3.63, 3.8) is 0 Å². The smallest absolute Gasteiger partial charge is 0.379 e. The maximum atomic E-state index is 14.3. The molecule has 206 valence electrons. The molecule has 0 radical (unpaired) electrons. The third-order valence-corrected chi connectivity index (χ3v) is 8.25. The predicted octanol–water partition coefficient (Wildman–Crippen LogP) is 3.70. The number of hydrogen-bond donors (Lipinski definition) is 1. The van der Waals surface area contributed by atoms with Crippen LogP contribution in [-0.4, -0.2) is 68.6 Å². The summed E-state index contributed by atoms with van der Waals surface area (Å²) in [6, 6.07) is 9.93. The zero-order valence-corrected chi connectivity index (χ0v) is 22.0. The minimum absolute atomic E-state index is 0.0708. The lowest BCUT2D eigenvalue weighted by Gasteiger charge is -2.37. The van der Waals surface area contributed by atoms with Gasteiger partial charge in [-0.25, -0.2) is 8.42 Å². The van der Waals surface area contributed by atoms with Crippen LogP contribution in [0.25, 0.3) is 11.1 Å². The monoisotopic (exact) mass is 552 g/mol. The van der Waals surface area contributed by atoms with Crippen molar-refractivity contribution in [1.82, 2.24) is 9.21 Å². The molecule has 2 N–H and O–H groups in total. The number of nitrogens with zero attached hydrogens (tertiary/aromatic N) is 3. The number of sulfonamides is 1. The first kappa shape index (κ1) is 29.6. The molecule has 2 aromatic rings. The highest BCUT2D eigenvalue weighted by Gasteiger charge is 2.48. The van der Waals surface area contributed by atoms with Crippen LogP contribution in [-0.2, 0) is 19.6 Å². The Balaban J connectivity index is 1.90. The minimum atomic E-state index is -4.78. The molecule has 0 bridgehead atoms. The summed E-state index contributed by atoms with van der Waals surface area (Å²) in [4.78, 5) is 13.0. The molecule has 0 aliphatic carbocycles. The van der Waals surface area contributed by atoms with Crippen molar-refractivity contribution in [2.45, 2.75) is 43.4 Å². The van der Waals surface area contributed by atoms with E-state index in [0.29, 0.717) is 24.3 Å². The second kappa shape index (κ2) is 12.3. The van der Waals surface area contributed by atoms with Gasteiger partial charge in [0.2, 0.25) is 15.9 Å². The van der Waals surface area contributed by atoms with Gasteiger partial charge in [0.15, 0.2) is 0 Å². The van der Waals surface area contributed by atoms with Crippen LogP contribution >= 0.6 is 0 Å². The van der Waals surface area contributed by atoms with E-state index in [4.69, 9.17) is 10.5 Å². The lowest BCUT2D eigenvalue weighted by atomic mass is 9.95. The molecule has 0 saturated carbocycles. The van der Waals surface area contributed by atoms with Gasteiger partial charge in [0, 0.05) is 13.1 Å². The fourth-order valence-corrected chi connectivity index (χ4v) is 5.91. The van der Waals surface area contributed by atoms with E-state index in [1.54, 1.807) is 32.0 Å². The topological polar surface area (TPSA) is 117 Å². The Morgan fingerprint density at radius 3 is 2.05 bits per heavy atom. The number of primary amides is 1. The summed E-state index contributed by atoms with van der Waals surface area (Å²) in [5, 5.41) is 9.26. The van der Waals surface area contributed by atoms with Crippen LogP contribution in [0.15, 0.2) is 53.4 Å². The molecule has 1 aliphatic heterocycles. The van der Waals surface area contributed by atoms with Crippen LogP contribution in [0, 0.1) is 17.2 Å². The number of halogens is 3. The van der Waals surface area contributed by atoms with E-state index < -0.39 is 40.7 Å². The van der Waals surface area contributed by atoms with E-state index in [1.807, 2.05) is 0 Å². The third kappa shape index (κ3) is 6.91. The van der Waals surface area contributed by atoms with Gasteiger partial charge in [-0.3, -0.25) is 9.69 Å². The number of benzene rings is 2. The van der Waals surface area contributed by atoms with Crippen molar-refractivity contribution >= 4 is 15.9 Å². The molecule has 1 aliphatic rings. The van der Waals surface area contributed by atoms with Gasteiger partial charge >= 0.3 is 6.18 Å². The van der Waals surface area contributed by atoms with Crippen LogP contribution in [0.5, 0.6) is 0 Å². The number of rotatable bonds is 10.